The summed E-state index contributed by atoms with van der Waals surface area (Å²) in [7, 11) is 0. The Balaban J connectivity index is 2.94. The van der Waals surface area contributed by atoms with Crippen LogP contribution in [0.15, 0.2) is 30.3 Å². The number of nitrogen functional groups attached to an aromatic ring is 1. The Morgan fingerprint density at radius 2 is 2.00 bits per heavy atom. The predicted molar refractivity (Wildman–Crippen MR) is 57.0 cm³/mol. The van der Waals surface area contributed by atoms with Gasteiger partial charge in [0.1, 0.15) is 5.75 Å². The molecular weight excluding hydrogens is 194 g/mol. The van der Waals surface area contributed by atoms with E-state index in [1.54, 1.807) is 18.2 Å². The van der Waals surface area contributed by atoms with E-state index in [-0.39, 0.29) is 11.3 Å². The summed E-state index contributed by atoms with van der Waals surface area (Å²) in [5.41, 5.74) is 6.11. The van der Waals surface area contributed by atoms with Crippen LogP contribution >= 0.6 is 0 Å². The topological polar surface area (TPSA) is 83.5 Å². The molecule has 0 aromatic heterocycles. The van der Waals surface area contributed by atoms with Crippen molar-refractivity contribution in [3.05, 3.63) is 35.9 Å². The lowest BCUT2D eigenvalue weighted by atomic mass is 10.0. The number of aromatic carboxylic acids is 1. The summed E-state index contributed by atoms with van der Waals surface area (Å²) < 4.78 is 0. The summed E-state index contributed by atoms with van der Waals surface area (Å²) in [4.78, 5) is 11.0. The monoisotopic (exact) mass is 203 g/mol. The van der Waals surface area contributed by atoms with E-state index >= 15 is 0 Å². The van der Waals surface area contributed by atoms with Crippen molar-refractivity contribution in [3.63, 3.8) is 0 Å². The van der Waals surface area contributed by atoms with Crippen molar-refractivity contribution in [2.24, 2.45) is 0 Å². The number of anilines is 1. The lowest BCUT2D eigenvalue weighted by Crippen LogP contribution is -1.99. The molecule has 4 heteroatoms. The minimum atomic E-state index is -1.10. The first-order valence-corrected chi connectivity index (χ1v) is 4.34. The first-order valence-electron chi connectivity index (χ1n) is 4.34. The molecule has 4 nitrogen and oxygen atoms in total. The van der Waals surface area contributed by atoms with Gasteiger partial charge in [0.25, 0.3) is 0 Å². The molecule has 0 aliphatic heterocycles. The van der Waals surface area contributed by atoms with Gasteiger partial charge in [-0.15, -0.1) is 0 Å². The highest BCUT2D eigenvalue weighted by Crippen LogP contribution is 2.28. The summed E-state index contributed by atoms with van der Waals surface area (Å²) in [5.74, 6) is -1.18. The molecule has 76 valence electrons. The summed E-state index contributed by atoms with van der Waals surface area (Å²) in [6.45, 7) is 0. The normalized spacial score (nSPS) is 10.4. The Hall–Kier alpha value is -2.23. The molecule has 0 fully saturated rings. The largest absolute Gasteiger partial charge is 0.508 e. The van der Waals surface area contributed by atoms with E-state index in [2.05, 4.69) is 0 Å². The molecule has 4 N–H and O–H groups in total. The Labute approximate surface area is 85.6 Å². The number of carboxylic acid groups (broad SMARTS) is 1. The molecule has 0 heterocycles. The lowest BCUT2D eigenvalue weighted by Gasteiger charge is -2.06. The summed E-state index contributed by atoms with van der Waals surface area (Å²) in [6, 6.07) is 7.73. The van der Waals surface area contributed by atoms with Crippen LogP contribution in [0.5, 0.6) is 5.75 Å². The number of fused-ring (bicyclic) bond motifs is 1. The zero-order chi connectivity index (χ0) is 11.0. The fourth-order valence-corrected chi connectivity index (χ4v) is 1.61. The van der Waals surface area contributed by atoms with Crippen LogP contribution in [-0.4, -0.2) is 16.2 Å². The molecule has 0 amide bonds. The number of benzene rings is 2. The average Bonchev–Trinajstić information content (AvgIpc) is 2.16. The van der Waals surface area contributed by atoms with Crippen LogP contribution in [0.3, 0.4) is 0 Å². The number of hydrogen-bond donors (Lipinski definition) is 3. The summed E-state index contributed by atoms with van der Waals surface area (Å²) in [5, 5.41) is 19.4. The molecule has 0 aliphatic carbocycles. The van der Waals surface area contributed by atoms with Gasteiger partial charge in [-0.05, 0) is 23.6 Å². The molecule has 0 unspecified atom stereocenters. The number of rotatable bonds is 1. The summed E-state index contributed by atoms with van der Waals surface area (Å²) in [6.07, 6.45) is 0. The van der Waals surface area contributed by atoms with Gasteiger partial charge in [0.05, 0.1) is 5.56 Å². The molecule has 0 atom stereocenters. The van der Waals surface area contributed by atoms with Gasteiger partial charge in [-0.3, -0.25) is 0 Å². The second-order valence-corrected chi connectivity index (χ2v) is 3.24. The molecule has 0 saturated heterocycles. The van der Waals surface area contributed by atoms with Crippen LogP contribution in [0.1, 0.15) is 10.4 Å². The van der Waals surface area contributed by atoms with Gasteiger partial charge in [-0.2, -0.15) is 0 Å². The van der Waals surface area contributed by atoms with E-state index in [1.807, 2.05) is 0 Å². The van der Waals surface area contributed by atoms with Crippen molar-refractivity contribution in [1.82, 2.24) is 0 Å². The Bertz CT molecular complexity index is 549. The third kappa shape index (κ3) is 1.46. The quantitative estimate of drug-likeness (QED) is 0.617. The highest BCUT2D eigenvalue weighted by atomic mass is 16.4. The maximum absolute atomic E-state index is 11.0. The first kappa shape index (κ1) is 9.33. The second-order valence-electron chi connectivity index (χ2n) is 3.24. The van der Waals surface area contributed by atoms with Crippen molar-refractivity contribution in [2.75, 3.05) is 5.73 Å². The van der Waals surface area contributed by atoms with E-state index in [0.29, 0.717) is 16.5 Å². The highest BCUT2D eigenvalue weighted by Gasteiger charge is 2.12. The lowest BCUT2D eigenvalue weighted by molar-refractivity contribution is 0.0698. The zero-order valence-corrected chi connectivity index (χ0v) is 7.77. The highest BCUT2D eigenvalue weighted by molar-refractivity contribution is 6.09. The van der Waals surface area contributed by atoms with Gasteiger partial charge in [0, 0.05) is 11.1 Å². The molecule has 0 spiro atoms. The molecule has 15 heavy (non-hydrogen) atoms. The Morgan fingerprint density at radius 3 is 2.67 bits per heavy atom. The zero-order valence-electron chi connectivity index (χ0n) is 7.77. The number of phenols is 1. The second kappa shape index (κ2) is 3.16. The summed E-state index contributed by atoms with van der Waals surface area (Å²) >= 11 is 0. The van der Waals surface area contributed by atoms with Crippen LogP contribution in [-0.2, 0) is 0 Å². The number of hydrogen-bond acceptors (Lipinski definition) is 3. The smallest absolute Gasteiger partial charge is 0.336 e. The molecule has 0 bridgehead atoms. The predicted octanol–water partition coefficient (Wildman–Crippen LogP) is 1.83. The third-order valence-corrected chi connectivity index (χ3v) is 2.22. The van der Waals surface area contributed by atoms with E-state index in [4.69, 9.17) is 10.8 Å². The number of nitrogens with two attached hydrogens (primary N) is 1. The van der Waals surface area contributed by atoms with Gasteiger partial charge in [0.2, 0.25) is 0 Å². The standard InChI is InChI=1S/C11H9NO3/c12-9-3-1-2-6-4-7(13)5-8(10(6)9)11(14)15/h1-5,13H,12H2,(H,14,15). The number of carboxylic acids is 1. The number of phenolic OH excluding ortho intramolecular Hbond substituents is 1. The van der Waals surface area contributed by atoms with Crippen LogP contribution in [0.25, 0.3) is 10.8 Å². The van der Waals surface area contributed by atoms with Crippen molar-refractivity contribution < 1.29 is 15.0 Å². The van der Waals surface area contributed by atoms with E-state index in [1.165, 1.54) is 12.1 Å². The van der Waals surface area contributed by atoms with Crippen molar-refractivity contribution >= 4 is 22.4 Å². The van der Waals surface area contributed by atoms with E-state index < -0.39 is 5.97 Å². The minimum Gasteiger partial charge on any atom is -0.508 e. The number of carbonyl (C=O) groups is 1. The van der Waals surface area contributed by atoms with Crippen molar-refractivity contribution in [3.8, 4) is 5.75 Å². The van der Waals surface area contributed by atoms with Gasteiger partial charge < -0.3 is 15.9 Å². The van der Waals surface area contributed by atoms with Crippen LogP contribution in [0, 0.1) is 0 Å². The SMILES string of the molecule is Nc1cccc2cc(O)cc(C(=O)O)c12. The third-order valence-electron chi connectivity index (χ3n) is 2.22. The molecular formula is C11H9NO3. The fraction of sp³-hybridized carbons (Fsp3) is 0. The average molecular weight is 203 g/mol. The Kier molecular flexibility index (Phi) is 1.97. The molecule has 0 radical (unpaired) electrons. The molecule has 2 aromatic carbocycles. The molecule has 0 aliphatic rings. The van der Waals surface area contributed by atoms with Crippen molar-refractivity contribution in [2.45, 2.75) is 0 Å². The van der Waals surface area contributed by atoms with E-state index in [9.17, 15) is 9.90 Å². The molecule has 2 rings (SSSR count). The molecule has 2 aromatic rings. The van der Waals surface area contributed by atoms with Gasteiger partial charge in [-0.25, -0.2) is 4.79 Å². The van der Waals surface area contributed by atoms with Gasteiger partial charge in [0.15, 0.2) is 0 Å². The fourth-order valence-electron chi connectivity index (χ4n) is 1.61. The maximum atomic E-state index is 11.0. The first-order chi connectivity index (χ1) is 7.09. The minimum absolute atomic E-state index is 0.0168. The van der Waals surface area contributed by atoms with Crippen molar-refractivity contribution in [1.29, 1.82) is 0 Å². The molecule has 0 saturated carbocycles. The van der Waals surface area contributed by atoms with Crippen LogP contribution in [0.4, 0.5) is 5.69 Å². The van der Waals surface area contributed by atoms with Crippen LogP contribution in [0.2, 0.25) is 0 Å². The Morgan fingerprint density at radius 1 is 1.27 bits per heavy atom. The maximum Gasteiger partial charge on any atom is 0.336 e. The van der Waals surface area contributed by atoms with E-state index in [0.717, 1.165) is 0 Å². The van der Waals surface area contributed by atoms with Gasteiger partial charge in [-0.1, -0.05) is 12.1 Å². The van der Waals surface area contributed by atoms with Crippen LogP contribution < -0.4 is 5.73 Å². The van der Waals surface area contributed by atoms with Gasteiger partial charge >= 0.3 is 5.97 Å². The number of aromatic hydroxyl groups is 1.